The van der Waals surface area contributed by atoms with Gasteiger partial charge in [-0.05, 0) is 37.0 Å². The van der Waals surface area contributed by atoms with Gasteiger partial charge in [-0.3, -0.25) is 10.1 Å². The van der Waals surface area contributed by atoms with Crippen molar-refractivity contribution in [1.82, 2.24) is 4.31 Å². The highest BCUT2D eigenvalue weighted by Gasteiger charge is 2.37. The van der Waals surface area contributed by atoms with Crippen LogP contribution in [0.1, 0.15) is 30.0 Å². The van der Waals surface area contributed by atoms with Crippen LogP contribution in [0.2, 0.25) is 0 Å². The molecule has 6 nitrogen and oxygen atoms in total. The summed E-state index contributed by atoms with van der Waals surface area (Å²) in [5, 5.41) is 10.9. The van der Waals surface area contributed by atoms with E-state index in [0.29, 0.717) is 6.54 Å². The number of benzene rings is 2. The molecule has 0 aromatic heterocycles. The number of sulfonamides is 1. The van der Waals surface area contributed by atoms with E-state index in [9.17, 15) is 18.5 Å². The molecule has 2 aromatic rings. The van der Waals surface area contributed by atoms with Gasteiger partial charge in [-0.15, -0.1) is 0 Å². The molecule has 0 aliphatic carbocycles. The number of aryl methyl sites for hydroxylation is 1. The minimum Gasteiger partial charge on any atom is -0.258 e. The summed E-state index contributed by atoms with van der Waals surface area (Å²) in [4.78, 5) is 10.3. The van der Waals surface area contributed by atoms with E-state index in [-0.39, 0.29) is 16.6 Å². The molecule has 0 unspecified atom stereocenters. The van der Waals surface area contributed by atoms with Crippen molar-refractivity contribution in [2.75, 3.05) is 6.54 Å². The first-order valence-electron chi connectivity index (χ1n) is 7.73. The summed E-state index contributed by atoms with van der Waals surface area (Å²) in [7, 11) is -3.78. The van der Waals surface area contributed by atoms with Gasteiger partial charge >= 0.3 is 0 Å². The minimum absolute atomic E-state index is 0.0304. The molecule has 1 atom stereocenters. The normalized spacial score (nSPS) is 18.6. The predicted molar refractivity (Wildman–Crippen MR) is 90.1 cm³/mol. The fourth-order valence-electron chi connectivity index (χ4n) is 3.19. The van der Waals surface area contributed by atoms with E-state index in [1.807, 2.05) is 31.2 Å². The van der Waals surface area contributed by atoms with Crippen LogP contribution in [0.25, 0.3) is 0 Å². The zero-order valence-electron chi connectivity index (χ0n) is 13.3. The second-order valence-corrected chi connectivity index (χ2v) is 7.78. The quantitative estimate of drug-likeness (QED) is 0.627. The van der Waals surface area contributed by atoms with E-state index in [1.165, 1.54) is 22.5 Å². The van der Waals surface area contributed by atoms with Gasteiger partial charge < -0.3 is 0 Å². The number of nitro benzene ring substituents is 1. The first-order chi connectivity index (χ1) is 11.4. The summed E-state index contributed by atoms with van der Waals surface area (Å²) in [6, 6.07) is 12.7. The number of rotatable bonds is 4. The number of non-ortho nitro benzene ring substituents is 1. The first kappa shape index (κ1) is 16.6. The second kappa shape index (κ2) is 6.33. The summed E-state index contributed by atoms with van der Waals surface area (Å²) in [5.41, 5.74) is 1.82. The standard InChI is InChI=1S/C17H18N2O4S/c1-13-6-2-3-9-16(13)17-10-5-11-18(17)24(22,23)15-8-4-7-14(12-15)19(20)21/h2-4,6-9,12,17H,5,10-11H2,1H3/t17-/m1/s1. The molecule has 2 aromatic carbocycles. The van der Waals surface area contributed by atoms with Crippen LogP contribution in [0.5, 0.6) is 0 Å². The Hall–Kier alpha value is -2.25. The van der Waals surface area contributed by atoms with Crippen molar-refractivity contribution in [3.63, 3.8) is 0 Å². The van der Waals surface area contributed by atoms with E-state index in [0.717, 1.165) is 30.0 Å². The van der Waals surface area contributed by atoms with Crippen molar-refractivity contribution in [1.29, 1.82) is 0 Å². The Kier molecular flexibility index (Phi) is 4.38. The molecule has 1 aliphatic heterocycles. The van der Waals surface area contributed by atoms with Crippen molar-refractivity contribution in [2.24, 2.45) is 0 Å². The summed E-state index contributed by atoms with van der Waals surface area (Å²) in [6.07, 6.45) is 1.52. The van der Waals surface area contributed by atoms with Crippen LogP contribution in [0, 0.1) is 17.0 Å². The lowest BCUT2D eigenvalue weighted by Crippen LogP contribution is -2.31. The third-order valence-electron chi connectivity index (χ3n) is 4.39. The van der Waals surface area contributed by atoms with Crippen molar-refractivity contribution >= 4 is 15.7 Å². The highest BCUT2D eigenvalue weighted by molar-refractivity contribution is 7.89. The van der Waals surface area contributed by atoms with Crippen molar-refractivity contribution < 1.29 is 13.3 Å². The molecule has 1 aliphatic rings. The van der Waals surface area contributed by atoms with Crippen LogP contribution in [0.3, 0.4) is 0 Å². The molecule has 1 heterocycles. The fraction of sp³-hybridized carbons (Fsp3) is 0.294. The molecule has 0 spiro atoms. The van der Waals surface area contributed by atoms with Gasteiger partial charge in [0.1, 0.15) is 0 Å². The van der Waals surface area contributed by atoms with Gasteiger partial charge in [-0.2, -0.15) is 4.31 Å². The molecule has 0 amide bonds. The van der Waals surface area contributed by atoms with Gasteiger partial charge in [0.15, 0.2) is 0 Å². The lowest BCUT2D eigenvalue weighted by atomic mass is 10.0. The minimum atomic E-state index is -3.78. The first-order valence-corrected chi connectivity index (χ1v) is 9.17. The molecule has 0 saturated carbocycles. The van der Waals surface area contributed by atoms with Crippen LogP contribution in [0.15, 0.2) is 53.4 Å². The predicted octanol–water partition coefficient (Wildman–Crippen LogP) is 3.43. The van der Waals surface area contributed by atoms with E-state index in [1.54, 1.807) is 0 Å². The molecule has 24 heavy (non-hydrogen) atoms. The van der Waals surface area contributed by atoms with E-state index < -0.39 is 14.9 Å². The third kappa shape index (κ3) is 2.92. The molecular weight excluding hydrogens is 328 g/mol. The molecule has 7 heteroatoms. The van der Waals surface area contributed by atoms with Crippen molar-refractivity contribution in [3.05, 3.63) is 69.8 Å². The maximum absolute atomic E-state index is 13.0. The molecule has 0 bridgehead atoms. The number of hydrogen-bond acceptors (Lipinski definition) is 4. The fourth-order valence-corrected chi connectivity index (χ4v) is 4.91. The van der Waals surface area contributed by atoms with Gasteiger partial charge in [0.2, 0.25) is 10.0 Å². The van der Waals surface area contributed by atoms with Gasteiger partial charge in [0.05, 0.1) is 15.9 Å². The van der Waals surface area contributed by atoms with Crippen molar-refractivity contribution in [3.8, 4) is 0 Å². The Morgan fingerprint density at radius 1 is 1.17 bits per heavy atom. The summed E-state index contributed by atoms with van der Waals surface area (Å²) in [6.45, 7) is 2.38. The second-order valence-electron chi connectivity index (χ2n) is 5.88. The summed E-state index contributed by atoms with van der Waals surface area (Å²) < 4.78 is 27.5. The van der Waals surface area contributed by atoms with Gasteiger partial charge in [-0.25, -0.2) is 8.42 Å². The summed E-state index contributed by atoms with van der Waals surface area (Å²) >= 11 is 0. The molecule has 3 rings (SSSR count). The Balaban J connectivity index is 2.01. The Bertz CT molecular complexity index is 880. The average molecular weight is 346 g/mol. The molecule has 0 radical (unpaired) electrons. The SMILES string of the molecule is Cc1ccccc1[C@H]1CCCN1S(=O)(=O)c1cccc([N+](=O)[O-])c1. The largest absolute Gasteiger partial charge is 0.270 e. The highest BCUT2D eigenvalue weighted by Crippen LogP contribution is 2.38. The Morgan fingerprint density at radius 2 is 1.92 bits per heavy atom. The van der Waals surface area contributed by atoms with Crippen molar-refractivity contribution in [2.45, 2.75) is 30.7 Å². The van der Waals surface area contributed by atoms with Gasteiger partial charge in [-0.1, -0.05) is 30.3 Å². The zero-order valence-corrected chi connectivity index (χ0v) is 14.1. The monoisotopic (exact) mass is 346 g/mol. The van der Waals surface area contributed by atoms with E-state index in [4.69, 9.17) is 0 Å². The molecular formula is C17H18N2O4S. The topological polar surface area (TPSA) is 80.5 Å². The third-order valence-corrected chi connectivity index (χ3v) is 6.29. The zero-order chi connectivity index (χ0) is 17.3. The van der Waals surface area contributed by atoms with Crippen LogP contribution < -0.4 is 0 Å². The molecule has 126 valence electrons. The lowest BCUT2D eigenvalue weighted by Gasteiger charge is -2.25. The lowest BCUT2D eigenvalue weighted by molar-refractivity contribution is -0.385. The maximum atomic E-state index is 13.0. The van der Waals surface area contributed by atoms with E-state index >= 15 is 0 Å². The Labute approximate surface area is 140 Å². The average Bonchev–Trinajstić information content (AvgIpc) is 3.05. The smallest absolute Gasteiger partial charge is 0.258 e. The molecule has 1 saturated heterocycles. The number of nitrogens with zero attached hydrogens (tertiary/aromatic N) is 2. The number of nitro groups is 1. The van der Waals surface area contributed by atoms with Crippen LogP contribution >= 0.6 is 0 Å². The highest BCUT2D eigenvalue weighted by atomic mass is 32.2. The molecule has 1 fully saturated rings. The van der Waals surface area contributed by atoms with Gasteiger partial charge in [0, 0.05) is 18.7 Å². The Morgan fingerprint density at radius 3 is 2.62 bits per heavy atom. The number of hydrogen-bond donors (Lipinski definition) is 0. The molecule has 0 N–H and O–H groups in total. The van der Waals surface area contributed by atoms with Gasteiger partial charge in [0.25, 0.3) is 5.69 Å². The summed E-state index contributed by atoms with van der Waals surface area (Å²) in [5.74, 6) is 0. The maximum Gasteiger partial charge on any atom is 0.270 e. The van der Waals surface area contributed by atoms with Crippen LogP contribution in [-0.2, 0) is 10.0 Å². The van der Waals surface area contributed by atoms with E-state index in [2.05, 4.69) is 0 Å². The van der Waals surface area contributed by atoms with Crippen LogP contribution in [-0.4, -0.2) is 24.2 Å². The van der Waals surface area contributed by atoms with Crippen LogP contribution in [0.4, 0.5) is 5.69 Å².